The summed E-state index contributed by atoms with van der Waals surface area (Å²) in [6, 6.07) is 9.76. The summed E-state index contributed by atoms with van der Waals surface area (Å²) < 4.78 is 5.10. The zero-order valence-electron chi connectivity index (χ0n) is 10.3. The highest BCUT2D eigenvalue weighted by Crippen LogP contribution is 2.28. The predicted molar refractivity (Wildman–Crippen MR) is 73.8 cm³/mol. The average molecular weight is 294 g/mol. The molecule has 0 bridgehead atoms. The maximum absolute atomic E-state index is 8.73. The molecule has 1 unspecified atom stereocenters. The van der Waals surface area contributed by atoms with E-state index in [4.69, 9.17) is 21.4 Å². The van der Waals surface area contributed by atoms with Gasteiger partial charge in [0, 0.05) is 11.3 Å². The molecule has 0 N–H and O–H groups in total. The van der Waals surface area contributed by atoms with E-state index >= 15 is 0 Å². The van der Waals surface area contributed by atoms with Crippen LogP contribution in [0, 0.1) is 17.2 Å². The molecule has 0 amide bonds. The average Bonchev–Trinajstić information content (AvgIpc) is 2.85. The summed E-state index contributed by atoms with van der Waals surface area (Å²) in [5, 5.41) is 13.3. The van der Waals surface area contributed by atoms with E-state index in [9.17, 15) is 0 Å². The third-order valence-electron chi connectivity index (χ3n) is 2.40. The smallest absolute Gasteiger partial charge is 0.227 e. The molecular formula is C13H12ClN3OS. The minimum Gasteiger partial charge on any atom is -0.339 e. The van der Waals surface area contributed by atoms with Crippen LogP contribution in [0.15, 0.2) is 33.7 Å². The first-order valence-electron chi connectivity index (χ1n) is 5.77. The number of hydrogen-bond donors (Lipinski definition) is 0. The van der Waals surface area contributed by atoms with Crippen molar-refractivity contribution in [1.29, 1.82) is 5.26 Å². The van der Waals surface area contributed by atoms with Crippen LogP contribution in [0.4, 0.5) is 0 Å². The third-order valence-corrected chi connectivity index (χ3v) is 3.92. The quantitative estimate of drug-likeness (QED) is 0.786. The van der Waals surface area contributed by atoms with Crippen LogP contribution in [0.1, 0.15) is 18.6 Å². The molecule has 6 heteroatoms. The van der Waals surface area contributed by atoms with Crippen LogP contribution >= 0.6 is 23.4 Å². The van der Waals surface area contributed by atoms with Crippen LogP contribution in [0.25, 0.3) is 0 Å². The van der Waals surface area contributed by atoms with E-state index in [0.29, 0.717) is 28.9 Å². The predicted octanol–water partition coefficient (Wildman–Crippen LogP) is 3.72. The molecule has 1 heterocycles. The zero-order chi connectivity index (χ0) is 13.7. The highest BCUT2D eigenvalue weighted by atomic mass is 35.5. The molecule has 0 radical (unpaired) electrons. The van der Waals surface area contributed by atoms with Crippen molar-refractivity contribution in [3.63, 3.8) is 0 Å². The highest BCUT2D eigenvalue weighted by Gasteiger charge is 2.11. The summed E-state index contributed by atoms with van der Waals surface area (Å²) in [4.78, 5) is 5.24. The molecule has 0 aliphatic rings. The van der Waals surface area contributed by atoms with Crippen molar-refractivity contribution in [2.75, 3.05) is 0 Å². The molecule has 4 nitrogen and oxygen atoms in total. The molecule has 1 atom stereocenters. The number of aromatic nitrogens is 2. The monoisotopic (exact) mass is 293 g/mol. The van der Waals surface area contributed by atoms with Crippen LogP contribution in [-0.4, -0.2) is 10.1 Å². The Morgan fingerprint density at radius 1 is 1.47 bits per heavy atom. The van der Waals surface area contributed by atoms with Crippen molar-refractivity contribution in [3.05, 3.63) is 41.0 Å². The summed E-state index contributed by atoms with van der Waals surface area (Å²) >= 11 is 7.62. The minimum absolute atomic E-state index is 0.121. The van der Waals surface area contributed by atoms with E-state index in [0.717, 1.165) is 4.90 Å². The second-order valence-electron chi connectivity index (χ2n) is 4.06. The fourth-order valence-electron chi connectivity index (χ4n) is 1.44. The van der Waals surface area contributed by atoms with Gasteiger partial charge in [-0.25, -0.2) is 0 Å². The van der Waals surface area contributed by atoms with Crippen LogP contribution in [0.2, 0.25) is 5.02 Å². The van der Waals surface area contributed by atoms with Crippen molar-refractivity contribution in [1.82, 2.24) is 10.1 Å². The van der Waals surface area contributed by atoms with E-state index in [1.54, 1.807) is 11.8 Å². The van der Waals surface area contributed by atoms with Crippen molar-refractivity contribution < 1.29 is 4.52 Å². The van der Waals surface area contributed by atoms with E-state index < -0.39 is 0 Å². The Balaban J connectivity index is 1.94. The number of halogens is 1. The molecule has 2 rings (SSSR count). The molecule has 98 valence electrons. The SMILES string of the molecule is CC(C#N)Cc1nc(CSc2ccccc2Cl)no1. The first-order valence-corrected chi connectivity index (χ1v) is 7.14. The Hall–Kier alpha value is -1.51. The van der Waals surface area contributed by atoms with Crippen LogP contribution in [0.5, 0.6) is 0 Å². The van der Waals surface area contributed by atoms with Gasteiger partial charge < -0.3 is 4.52 Å². The largest absolute Gasteiger partial charge is 0.339 e. The van der Waals surface area contributed by atoms with Crippen molar-refractivity contribution in [2.24, 2.45) is 5.92 Å². The number of hydrogen-bond acceptors (Lipinski definition) is 5. The zero-order valence-corrected chi connectivity index (χ0v) is 11.9. The molecule has 1 aromatic heterocycles. The van der Waals surface area contributed by atoms with Crippen molar-refractivity contribution in [3.8, 4) is 6.07 Å². The Bertz CT molecular complexity index is 594. The summed E-state index contributed by atoms with van der Waals surface area (Å²) in [5.74, 6) is 1.59. The molecule has 1 aromatic carbocycles. The van der Waals surface area contributed by atoms with Gasteiger partial charge in [-0.15, -0.1) is 11.8 Å². The van der Waals surface area contributed by atoms with Crippen molar-refractivity contribution in [2.45, 2.75) is 24.0 Å². The maximum atomic E-state index is 8.73. The molecule has 0 aliphatic heterocycles. The number of nitriles is 1. The lowest BCUT2D eigenvalue weighted by atomic mass is 10.1. The summed E-state index contributed by atoms with van der Waals surface area (Å²) in [6.07, 6.45) is 0.486. The van der Waals surface area contributed by atoms with E-state index in [1.807, 2.05) is 31.2 Å². The van der Waals surface area contributed by atoms with Gasteiger partial charge in [0.15, 0.2) is 5.82 Å². The van der Waals surface area contributed by atoms with Gasteiger partial charge in [0.2, 0.25) is 5.89 Å². The third kappa shape index (κ3) is 3.98. The molecule has 2 aromatic rings. The lowest BCUT2D eigenvalue weighted by molar-refractivity contribution is 0.366. The molecule has 19 heavy (non-hydrogen) atoms. The van der Waals surface area contributed by atoms with Crippen LogP contribution in [-0.2, 0) is 12.2 Å². The fraction of sp³-hybridized carbons (Fsp3) is 0.308. The number of thioether (sulfide) groups is 1. The Morgan fingerprint density at radius 3 is 3.00 bits per heavy atom. The lowest BCUT2D eigenvalue weighted by Gasteiger charge is -2.00. The second-order valence-corrected chi connectivity index (χ2v) is 5.48. The van der Waals surface area contributed by atoms with E-state index in [1.165, 1.54) is 0 Å². The van der Waals surface area contributed by atoms with Gasteiger partial charge in [-0.1, -0.05) is 28.9 Å². The molecule has 0 aliphatic carbocycles. The van der Waals surface area contributed by atoms with Gasteiger partial charge in [0.05, 0.1) is 22.8 Å². The summed E-state index contributed by atoms with van der Waals surface area (Å²) in [6.45, 7) is 1.82. The fourth-order valence-corrected chi connectivity index (χ4v) is 2.53. The molecule has 0 spiro atoms. The number of rotatable bonds is 5. The highest BCUT2D eigenvalue weighted by molar-refractivity contribution is 7.98. The number of benzene rings is 1. The van der Waals surface area contributed by atoms with E-state index in [2.05, 4.69) is 16.2 Å². The standard InChI is InChI=1S/C13H12ClN3OS/c1-9(7-15)6-13-16-12(17-18-13)8-19-11-5-3-2-4-10(11)14/h2-5,9H,6,8H2,1H3. The first kappa shape index (κ1) is 13.9. The molecule has 0 saturated carbocycles. The maximum Gasteiger partial charge on any atom is 0.227 e. The van der Waals surface area contributed by atoms with Gasteiger partial charge >= 0.3 is 0 Å². The summed E-state index contributed by atoms with van der Waals surface area (Å²) in [7, 11) is 0. The Kier molecular flexibility index (Phi) is 4.83. The molecular weight excluding hydrogens is 282 g/mol. The van der Waals surface area contributed by atoms with Gasteiger partial charge in [0.1, 0.15) is 0 Å². The topological polar surface area (TPSA) is 62.7 Å². The molecule has 0 saturated heterocycles. The number of nitrogens with zero attached hydrogens (tertiary/aromatic N) is 3. The van der Waals surface area contributed by atoms with Gasteiger partial charge in [-0.2, -0.15) is 10.2 Å². The second kappa shape index (κ2) is 6.60. The van der Waals surface area contributed by atoms with E-state index in [-0.39, 0.29) is 5.92 Å². The molecule has 0 fully saturated rings. The van der Waals surface area contributed by atoms with Crippen LogP contribution in [0.3, 0.4) is 0 Å². The van der Waals surface area contributed by atoms with Crippen LogP contribution < -0.4 is 0 Å². The van der Waals surface area contributed by atoms with Gasteiger partial charge in [-0.3, -0.25) is 0 Å². The lowest BCUT2D eigenvalue weighted by Crippen LogP contribution is -1.96. The normalized spacial score (nSPS) is 12.1. The summed E-state index contributed by atoms with van der Waals surface area (Å²) in [5.41, 5.74) is 0. The minimum atomic E-state index is -0.121. The van der Waals surface area contributed by atoms with Gasteiger partial charge in [-0.05, 0) is 19.1 Å². The van der Waals surface area contributed by atoms with Crippen molar-refractivity contribution >= 4 is 23.4 Å². The van der Waals surface area contributed by atoms with Gasteiger partial charge in [0.25, 0.3) is 0 Å². The first-order chi connectivity index (χ1) is 9.19. The Morgan fingerprint density at radius 2 is 2.26 bits per heavy atom. The Labute approximate surface area is 120 Å².